The van der Waals surface area contributed by atoms with Gasteiger partial charge in [0.1, 0.15) is 6.04 Å². The van der Waals surface area contributed by atoms with Gasteiger partial charge in [-0.15, -0.1) is 0 Å². The van der Waals surface area contributed by atoms with Gasteiger partial charge in [-0.25, -0.2) is 4.79 Å². The van der Waals surface area contributed by atoms with Gasteiger partial charge in [0, 0.05) is 0 Å². The SMILES string of the molecule is NC(c1cccc(C(=O)O)c1)C(F)(F)F. The highest BCUT2D eigenvalue weighted by Crippen LogP contribution is 2.30. The number of hydrogen-bond donors (Lipinski definition) is 2. The summed E-state index contributed by atoms with van der Waals surface area (Å²) in [6.45, 7) is 0. The van der Waals surface area contributed by atoms with Gasteiger partial charge in [-0.3, -0.25) is 0 Å². The summed E-state index contributed by atoms with van der Waals surface area (Å²) in [4.78, 5) is 10.5. The molecule has 1 unspecified atom stereocenters. The van der Waals surface area contributed by atoms with Crippen LogP contribution in [0.2, 0.25) is 0 Å². The molecule has 1 rings (SSSR count). The average Bonchev–Trinajstić information content (AvgIpc) is 2.15. The van der Waals surface area contributed by atoms with Gasteiger partial charge in [0.2, 0.25) is 0 Å². The number of hydrogen-bond acceptors (Lipinski definition) is 2. The number of alkyl halides is 3. The van der Waals surface area contributed by atoms with E-state index in [9.17, 15) is 18.0 Å². The second-order valence-corrected chi connectivity index (χ2v) is 2.95. The summed E-state index contributed by atoms with van der Waals surface area (Å²) in [5, 5.41) is 8.57. The Morgan fingerprint density at radius 2 is 2.00 bits per heavy atom. The van der Waals surface area contributed by atoms with Crippen molar-refractivity contribution in [3.63, 3.8) is 0 Å². The van der Waals surface area contributed by atoms with Crippen LogP contribution in [0.15, 0.2) is 24.3 Å². The average molecular weight is 219 g/mol. The smallest absolute Gasteiger partial charge is 0.407 e. The fourth-order valence-electron chi connectivity index (χ4n) is 1.05. The molecule has 0 aliphatic heterocycles. The lowest BCUT2D eigenvalue weighted by molar-refractivity contribution is -0.149. The number of rotatable bonds is 2. The standard InChI is InChI=1S/C9H8F3NO2/c10-9(11,12)7(13)5-2-1-3-6(4-5)8(14)15/h1-4,7H,13H2,(H,14,15). The number of halogens is 3. The molecule has 15 heavy (non-hydrogen) atoms. The van der Waals surface area contributed by atoms with Crippen LogP contribution < -0.4 is 5.73 Å². The largest absolute Gasteiger partial charge is 0.478 e. The summed E-state index contributed by atoms with van der Waals surface area (Å²) in [5.74, 6) is -1.29. The van der Waals surface area contributed by atoms with E-state index in [0.29, 0.717) is 0 Å². The van der Waals surface area contributed by atoms with Gasteiger partial charge < -0.3 is 10.8 Å². The molecule has 0 fully saturated rings. The van der Waals surface area contributed by atoms with Crippen molar-refractivity contribution in [2.75, 3.05) is 0 Å². The molecular weight excluding hydrogens is 211 g/mol. The van der Waals surface area contributed by atoms with Crippen molar-refractivity contribution in [3.8, 4) is 0 Å². The zero-order valence-electron chi connectivity index (χ0n) is 7.45. The Morgan fingerprint density at radius 1 is 1.40 bits per heavy atom. The minimum atomic E-state index is -4.57. The minimum absolute atomic E-state index is 0.216. The monoisotopic (exact) mass is 219 g/mol. The van der Waals surface area contributed by atoms with Crippen LogP contribution in [0.25, 0.3) is 0 Å². The van der Waals surface area contributed by atoms with Gasteiger partial charge in [0.15, 0.2) is 0 Å². The van der Waals surface area contributed by atoms with E-state index in [1.54, 1.807) is 0 Å². The number of benzene rings is 1. The first-order valence-electron chi connectivity index (χ1n) is 3.98. The number of aromatic carboxylic acids is 1. The summed E-state index contributed by atoms with van der Waals surface area (Å²) >= 11 is 0. The van der Waals surface area contributed by atoms with E-state index >= 15 is 0 Å². The molecule has 82 valence electrons. The molecule has 0 spiro atoms. The summed E-state index contributed by atoms with van der Waals surface area (Å²) in [6.07, 6.45) is -4.57. The minimum Gasteiger partial charge on any atom is -0.478 e. The molecule has 0 heterocycles. The quantitative estimate of drug-likeness (QED) is 0.798. The lowest BCUT2D eigenvalue weighted by Crippen LogP contribution is -2.28. The summed E-state index contributed by atoms with van der Waals surface area (Å²) in [7, 11) is 0. The van der Waals surface area contributed by atoms with Crippen LogP contribution in [0.4, 0.5) is 13.2 Å². The van der Waals surface area contributed by atoms with Crippen LogP contribution in [0.3, 0.4) is 0 Å². The van der Waals surface area contributed by atoms with Crippen LogP contribution in [0.1, 0.15) is 22.0 Å². The maximum absolute atomic E-state index is 12.2. The highest BCUT2D eigenvalue weighted by molar-refractivity contribution is 5.87. The van der Waals surface area contributed by atoms with Crippen molar-refractivity contribution in [2.45, 2.75) is 12.2 Å². The molecule has 3 N–H and O–H groups in total. The normalized spacial score (nSPS) is 13.6. The molecule has 0 bridgehead atoms. The molecule has 3 nitrogen and oxygen atoms in total. The van der Waals surface area contributed by atoms with E-state index in [0.717, 1.165) is 12.1 Å². The third kappa shape index (κ3) is 2.69. The van der Waals surface area contributed by atoms with Crippen molar-refractivity contribution in [3.05, 3.63) is 35.4 Å². The molecule has 0 amide bonds. The molecule has 0 radical (unpaired) electrons. The summed E-state index contributed by atoms with van der Waals surface area (Å²) < 4.78 is 36.6. The Labute approximate surface area is 83.3 Å². The van der Waals surface area contributed by atoms with E-state index in [2.05, 4.69) is 0 Å². The summed E-state index contributed by atoms with van der Waals surface area (Å²) in [6, 6.07) is 2.33. The van der Waals surface area contributed by atoms with Crippen molar-refractivity contribution >= 4 is 5.97 Å². The lowest BCUT2D eigenvalue weighted by Gasteiger charge is -2.15. The second kappa shape index (κ2) is 3.90. The van der Waals surface area contributed by atoms with E-state index in [1.807, 2.05) is 0 Å². The van der Waals surface area contributed by atoms with Gasteiger partial charge in [-0.1, -0.05) is 12.1 Å². The first-order valence-corrected chi connectivity index (χ1v) is 3.98. The Kier molecular flexibility index (Phi) is 2.99. The molecule has 0 saturated carbocycles. The van der Waals surface area contributed by atoms with Crippen LogP contribution in [-0.2, 0) is 0 Å². The number of carboxylic acids is 1. The maximum atomic E-state index is 12.2. The lowest BCUT2D eigenvalue weighted by atomic mass is 10.0. The second-order valence-electron chi connectivity index (χ2n) is 2.95. The van der Waals surface area contributed by atoms with Crippen molar-refractivity contribution in [2.24, 2.45) is 5.73 Å². The van der Waals surface area contributed by atoms with Crippen LogP contribution in [-0.4, -0.2) is 17.3 Å². The van der Waals surface area contributed by atoms with Crippen LogP contribution >= 0.6 is 0 Å². The molecule has 1 aromatic carbocycles. The molecular formula is C9H8F3NO2. The number of nitrogens with two attached hydrogens (primary N) is 1. The molecule has 1 atom stereocenters. The molecule has 1 aromatic rings. The first-order chi connectivity index (χ1) is 6.82. The van der Waals surface area contributed by atoms with Crippen molar-refractivity contribution < 1.29 is 23.1 Å². The van der Waals surface area contributed by atoms with Gasteiger partial charge in [-0.05, 0) is 17.7 Å². The molecule has 0 aliphatic carbocycles. The molecule has 6 heteroatoms. The zero-order valence-corrected chi connectivity index (χ0v) is 7.45. The van der Waals surface area contributed by atoms with Crippen molar-refractivity contribution in [1.29, 1.82) is 0 Å². The van der Waals surface area contributed by atoms with E-state index in [-0.39, 0.29) is 11.1 Å². The van der Waals surface area contributed by atoms with Gasteiger partial charge in [0.05, 0.1) is 5.56 Å². The third-order valence-electron chi connectivity index (χ3n) is 1.85. The van der Waals surface area contributed by atoms with Gasteiger partial charge >= 0.3 is 12.1 Å². The number of carbonyl (C=O) groups is 1. The number of carboxylic acid groups (broad SMARTS) is 1. The van der Waals surface area contributed by atoms with E-state index in [4.69, 9.17) is 10.8 Å². The summed E-state index contributed by atoms with van der Waals surface area (Å²) in [5.41, 5.74) is 4.45. The third-order valence-corrected chi connectivity index (χ3v) is 1.85. The Morgan fingerprint density at radius 3 is 2.47 bits per heavy atom. The Balaban J connectivity index is 3.06. The maximum Gasteiger partial charge on any atom is 0.407 e. The molecule has 0 aliphatic rings. The van der Waals surface area contributed by atoms with Crippen molar-refractivity contribution in [1.82, 2.24) is 0 Å². The van der Waals surface area contributed by atoms with E-state index < -0.39 is 18.2 Å². The highest BCUT2D eigenvalue weighted by Gasteiger charge is 2.37. The predicted molar refractivity (Wildman–Crippen MR) is 46.4 cm³/mol. The Bertz CT molecular complexity index is 376. The molecule has 0 saturated heterocycles. The predicted octanol–water partition coefficient (Wildman–Crippen LogP) is 1.95. The topological polar surface area (TPSA) is 63.3 Å². The fraction of sp³-hybridized carbons (Fsp3) is 0.222. The highest BCUT2D eigenvalue weighted by atomic mass is 19.4. The van der Waals surface area contributed by atoms with Gasteiger partial charge in [0.25, 0.3) is 0 Å². The molecule has 0 aromatic heterocycles. The van der Waals surface area contributed by atoms with Crippen LogP contribution in [0.5, 0.6) is 0 Å². The Hall–Kier alpha value is -1.56. The first kappa shape index (κ1) is 11.5. The zero-order chi connectivity index (χ0) is 11.6. The van der Waals surface area contributed by atoms with E-state index in [1.165, 1.54) is 12.1 Å². The fourth-order valence-corrected chi connectivity index (χ4v) is 1.05. The van der Waals surface area contributed by atoms with Crippen LogP contribution in [0, 0.1) is 0 Å². The van der Waals surface area contributed by atoms with Gasteiger partial charge in [-0.2, -0.15) is 13.2 Å².